The summed E-state index contributed by atoms with van der Waals surface area (Å²) in [6.07, 6.45) is 1.48. The summed E-state index contributed by atoms with van der Waals surface area (Å²) in [6.45, 7) is 0.132. The predicted molar refractivity (Wildman–Crippen MR) is 57.5 cm³/mol. The van der Waals surface area contributed by atoms with Gasteiger partial charge in [-0.1, -0.05) is 23.7 Å². The topological polar surface area (TPSA) is 40.5 Å². The third kappa shape index (κ3) is 4.09. The minimum absolute atomic E-state index is 0.132. The molecule has 0 saturated carbocycles. The van der Waals surface area contributed by atoms with Crippen LogP contribution in [0.4, 0.5) is 0 Å². The first-order valence-electron chi connectivity index (χ1n) is 4.75. The van der Waals surface area contributed by atoms with Crippen molar-refractivity contribution in [2.75, 3.05) is 6.61 Å². The standard InChI is InChI=1S/C11H15ClO2/c12-10-4-1-3-9(7-10)8-11(14)5-2-6-13/h1,3-4,7,11,13-14H,2,5-6,8H2. The largest absolute Gasteiger partial charge is 0.396 e. The zero-order valence-corrected chi connectivity index (χ0v) is 8.74. The molecule has 0 aliphatic carbocycles. The highest BCUT2D eigenvalue weighted by molar-refractivity contribution is 6.30. The third-order valence-corrected chi connectivity index (χ3v) is 2.29. The van der Waals surface area contributed by atoms with E-state index in [4.69, 9.17) is 16.7 Å². The average molecular weight is 215 g/mol. The average Bonchev–Trinajstić information content (AvgIpc) is 2.15. The fourth-order valence-corrected chi connectivity index (χ4v) is 1.58. The molecule has 0 aromatic heterocycles. The monoisotopic (exact) mass is 214 g/mol. The molecular weight excluding hydrogens is 200 g/mol. The highest BCUT2D eigenvalue weighted by Gasteiger charge is 2.05. The van der Waals surface area contributed by atoms with Crippen molar-refractivity contribution in [3.63, 3.8) is 0 Å². The fourth-order valence-electron chi connectivity index (χ4n) is 1.36. The van der Waals surface area contributed by atoms with Crippen LogP contribution in [0.5, 0.6) is 0 Å². The Hall–Kier alpha value is -0.570. The van der Waals surface area contributed by atoms with Crippen molar-refractivity contribution >= 4 is 11.6 Å². The normalized spacial score (nSPS) is 12.8. The number of benzene rings is 1. The summed E-state index contributed by atoms with van der Waals surface area (Å²) in [5, 5.41) is 18.9. The molecule has 2 nitrogen and oxygen atoms in total. The molecule has 0 fully saturated rings. The van der Waals surface area contributed by atoms with Gasteiger partial charge in [0.1, 0.15) is 0 Å². The van der Waals surface area contributed by atoms with Crippen LogP contribution in [0.3, 0.4) is 0 Å². The Morgan fingerprint density at radius 1 is 1.36 bits per heavy atom. The molecule has 0 amide bonds. The summed E-state index contributed by atoms with van der Waals surface area (Å²) in [4.78, 5) is 0. The lowest BCUT2D eigenvalue weighted by Crippen LogP contribution is -2.10. The van der Waals surface area contributed by atoms with Crippen molar-refractivity contribution in [3.8, 4) is 0 Å². The van der Waals surface area contributed by atoms with E-state index in [1.54, 1.807) is 0 Å². The van der Waals surface area contributed by atoms with E-state index in [1.807, 2.05) is 24.3 Å². The number of rotatable bonds is 5. The number of aliphatic hydroxyl groups is 2. The van der Waals surface area contributed by atoms with Gasteiger partial charge in [-0.2, -0.15) is 0 Å². The highest BCUT2D eigenvalue weighted by Crippen LogP contribution is 2.13. The van der Waals surface area contributed by atoms with Crippen LogP contribution < -0.4 is 0 Å². The van der Waals surface area contributed by atoms with Gasteiger partial charge in [0.2, 0.25) is 0 Å². The van der Waals surface area contributed by atoms with Crippen molar-refractivity contribution in [1.82, 2.24) is 0 Å². The second-order valence-electron chi connectivity index (χ2n) is 3.35. The van der Waals surface area contributed by atoms with E-state index in [0.717, 1.165) is 5.56 Å². The molecule has 0 bridgehead atoms. The smallest absolute Gasteiger partial charge is 0.0581 e. The molecule has 1 unspecified atom stereocenters. The lowest BCUT2D eigenvalue weighted by molar-refractivity contribution is 0.150. The van der Waals surface area contributed by atoms with Crippen molar-refractivity contribution in [2.45, 2.75) is 25.4 Å². The minimum atomic E-state index is -0.388. The molecule has 1 atom stereocenters. The molecule has 1 rings (SSSR count). The zero-order valence-electron chi connectivity index (χ0n) is 7.99. The Kier molecular flexibility index (Phi) is 4.94. The molecule has 1 aromatic carbocycles. The Bertz CT molecular complexity index is 276. The quantitative estimate of drug-likeness (QED) is 0.788. The van der Waals surface area contributed by atoms with E-state index in [2.05, 4.69) is 0 Å². The summed E-state index contributed by atoms with van der Waals surface area (Å²) in [5.41, 5.74) is 1.03. The van der Waals surface area contributed by atoms with Gasteiger partial charge < -0.3 is 10.2 Å². The molecule has 2 N–H and O–H groups in total. The second kappa shape index (κ2) is 6.02. The molecule has 0 saturated heterocycles. The molecule has 0 heterocycles. The van der Waals surface area contributed by atoms with Crippen LogP contribution in [0, 0.1) is 0 Å². The maximum atomic E-state index is 9.57. The Morgan fingerprint density at radius 3 is 2.79 bits per heavy atom. The molecule has 3 heteroatoms. The van der Waals surface area contributed by atoms with E-state index in [1.165, 1.54) is 0 Å². The fraction of sp³-hybridized carbons (Fsp3) is 0.455. The molecule has 14 heavy (non-hydrogen) atoms. The van der Waals surface area contributed by atoms with Crippen LogP contribution in [0.2, 0.25) is 5.02 Å². The van der Waals surface area contributed by atoms with E-state index in [-0.39, 0.29) is 12.7 Å². The maximum Gasteiger partial charge on any atom is 0.0581 e. The first-order chi connectivity index (χ1) is 6.72. The third-order valence-electron chi connectivity index (χ3n) is 2.06. The molecule has 78 valence electrons. The van der Waals surface area contributed by atoms with Crippen molar-refractivity contribution in [1.29, 1.82) is 0 Å². The van der Waals surface area contributed by atoms with Gasteiger partial charge in [-0.25, -0.2) is 0 Å². The molecule has 0 aliphatic heterocycles. The minimum Gasteiger partial charge on any atom is -0.396 e. The van der Waals surface area contributed by atoms with Crippen LogP contribution in [0.15, 0.2) is 24.3 Å². The first-order valence-corrected chi connectivity index (χ1v) is 5.13. The number of aliphatic hydroxyl groups excluding tert-OH is 2. The predicted octanol–water partition coefficient (Wildman–Crippen LogP) is 2.02. The maximum absolute atomic E-state index is 9.57. The Labute approximate surface area is 89.1 Å². The van der Waals surface area contributed by atoms with Gasteiger partial charge in [0, 0.05) is 11.6 Å². The zero-order chi connectivity index (χ0) is 10.4. The molecular formula is C11H15ClO2. The van der Waals surface area contributed by atoms with Crippen molar-refractivity contribution < 1.29 is 10.2 Å². The number of halogens is 1. The second-order valence-corrected chi connectivity index (χ2v) is 3.79. The van der Waals surface area contributed by atoms with Crippen LogP contribution in [0.1, 0.15) is 18.4 Å². The molecule has 0 aliphatic rings. The lowest BCUT2D eigenvalue weighted by Gasteiger charge is -2.09. The number of hydrogen-bond acceptors (Lipinski definition) is 2. The van der Waals surface area contributed by atoms with Crippen LogP contribution >= 0.6 is 11.6 Å². The van der Waals surface area contributed by atoms with E-state index >= 15 is 0 Å². The van der Waals surface area contributed by atoms with Crippen LogP contribution in [-0.4, -0.2) is 22.9 Å². The van der Waals surface area contributed by atoms with E-state index in [9.17, 15) is 5.11 Å². The summed E-state index contributed by atoms with van der Waals surface area (Å²) in [5.74, 6) is 0. The van der Waals surface area contributed by atoms with Crippen molar-refractivity contribution in [2.24, 2.45) is 0 Å². The van der Waals surface area contributed by atoms with Crippen molar-refractivity contribution in [3.05, 3.63) is 34.9 Å². The summed E-state index contributed by atoms with van der Waals surface area (Å²) < 4.78 is 0. The van der Waals surface area contributed by atoms with E-state index < -0.39 is 0 Å². The summed E-state index contributed by atoms with van der Waals surface area (Å²) >= 11 is 5.81. The molecule has 1 aromatic rings. The Balaban J connectivity index is 2.43. The summed E-state index contributed by atoms with van der Waals surface area (Å²) in [6, 6.07) is 7.47. The highest BCUT2D eigenvalue weighted by atomic mass is 35.5. The van der Waals surface area contributed by atoms with Gasteiger partial charge in [-0.3, -0.25) is 0 Å². The van der Waals surface area contributed by atoms with Gasteiger partial charge in [0.15, 0.2) is 0 Å². The Morgan fingerprint density at radius 2 is 2.14 bits per heavy atom. The first kappa shape index (κ1) is 11.5. The van der Waals surface area contributed by atoms with Gasteiger partial charge in [0.05, 0.1) is 6.10 Å². The van der Waals surface area contributed by atoms with Gasteiger partial charge in [0.25, 0.3) is 0 Å². The molecule has 0 radical (unpaired) electrons. The van der Waals surface area contributed by atoms with E-state index in [0.29, 0.717) is 24.3 Å². The van der Waals surface area contributed by atoms with Gasteiger partial charge in [-0.15, -0.1) is 0 Å². The van der Waals surface area contributed by atoms with Crippen LogP contribution in [0.25, 0.3) is 0 Å². The SMILES string of the molecule is OCCCC(O)Cc1cccc(Cl)c1. The lowest BCUT2D eigenvalue weighted by atomic mass is 10.0. The molecule has 0 spiro atoms. The van der Waals surface area contributed by atoms with Gasteiger partial charge in [-0.05, 0) is 37.0 Å². The van der Waals surface area contributed by atoms with Gasteiger partial charge >= 0.3 is 0 Å². The summed E-state index contributed by atoms with van der Waals surface area (Å²) in [7, 11) is 0. The number of hydrogen-bond donors (Lipinski definition) is 2. The van der Waals surface area contributed by atoms with Crippen LogP contribution in [-0.2, 0) is 6.42 Å².